The Balaban J connectivity index is 1.64. The topological polar surface area (TPSA) is 84.0 Å². The van der Waals surface area contributed by atoms with Crippen LogP contribution in [0.5, 0.6) is 5.75 Å². The van der Waals surface area contributed by atoms with E-state index in [1.54, 1.807) is 7.11 Å². The zero-order valence-electron chi connectivity index (χ0n) is 17.5. The first-order chi connectivity index (χ1) is 15.1. The van der Waals surface area contributed by atoms with Crippen LogP contribution in [-0.2, 0) is 0 Å². The van der Waals surface area contributed by atoms with E-state index in [-0.39, 0.29) is 0 Å². The van der Waals surface area contributed by atoms with Crippen LogP contribution in [-0.4, -0.2) is 22.1 Å². The average Bonchev–Trinajstić information content (AvgIpc) is 2.74. The average molecular weight is 410 g/mol. The maximum absolute atomic E-state index is 5.21. The van der Waals surface area contributed by atoms with Crippen molar-refractivity contribution in [2.45, 2.75) is 13.8 Å². The smallest absolute Gasteiger partial charge is 0.234 e. The zero-order chi connectivity index (χ0) is 21.6. The maximum Gasteiger partial charge on any atom is 0.234 e. The summed E-state index contributed by atoms with van der Waals surface area (Å²) >= 11 is 0. The van der Waals surface area contributed by atoms with Crippen LogP contribution in [0.4, 0.5) is 34.9 Å². The van der Waals surface area contributed by atoms with Gasteiger partial charge in [0.15, 0.2) is 0 Å². The number of aromatic nitrogens is 3. The Bertz CT molecular complexity index is 1110. The minimum absolute atomic E-state index is 0.386. The number of benzene rings is 2. The molecule has 0 aliphatic rings. The molecule has 0 spiro atoms. The van der Waals surface area contributed by atoms with Gasteiger partial charge in [0.1, 0.15) is 5.75 Å². The first-order valence-electron chi connectivity index (χ1n) is 9.75. The van der Waals surface area contributed by atoms with Crippen LogP contribution < -0.4 is 20.7 Å². The summed E-state index contributed by atoms with van der Waals surface area (Å²) in [6.45, 7) is 4.02. The standard InChI is InChI=1S/C24H22N6O/c1-16-6-4-8-19(14-16)26-23-28-22(25-18-10-12-21(31-3)13-11-18)29-24(30-23)27-20-9-5-7-17(2)15-20/h4,6-8,10-15H,1-3H3,(H3,25,26,27,28,29,30). The Labute approximate surface area is 181 Å². The van der Waals surface area contributed by atoms with Gasteiger partial charge in [-0.25, -0.2) is 0 Å². The maximum atomic E-state index is 5.21. The molecule has 0 amide bonds. The van der Waals surface area contributed by atoms with E-state index in [2.05, 4.69) is 43.0 Å². The molecule has 0 atom stereocenters. The highest BCUT2D eigenvalue weighted by atomic mass is 16.5. The Morgan fingerprint density at radius 1 is 0.742 bits per heavy atom. The quantitative estimate of drug-likeness (QED) is 0.380. The number of hydrogen-bond donors (Lipinski definition) is 3. The predicted molar refractivity (Wildman–Crippen MR) is 123 cm³/mol. The third kappa shape index (κ3) is 5.40. The third-order valence-electron chi connectivity index (χ3n) is 4.38. The van der Waals surface area contributed by atoms with E-state index >= 15 is 0 Å². The largest absolute Gasteiger partial charge is 0.497 e. The van der Waals surface area contributed by atoms with E-state index in [4.69, 9.17) is 4.74 Å². The van der Waals surface area contributed by atoms with Gasteiger partial charge in [-0.15, -0.1) is 0 Å². The van der Waals surface area contributed by atoms with Gasteiger partial charge in [-0.1, -0.05) is 18.2 Å². The molecule has 3 N–H and O–H groups in total. The van der Waals surface area contributed by atoms with Gasteiger partial charge in [-0.2, -0.15) is 15.0 Å². The molecule has 7 nitrogen and oxygen atoms in total. The number of rotatable bonds is 7. The molecule has 0 saturated carbocycles. The summed E-state index contributed by atoms with van der Waals surface area (Å²) in [6, 6.07) is 25.3. The lowest BCUT2D eigenvalue weighted by Gasteiger charge is -2.11. The number of aryl methyl sites for hydroxylation is 2. The number of anilines is 6. The molecule has 0 unspecified atom stereocenters. The van der Waals surface area contributed by atoms with Gasteiger partial charge >= 0.3 is 0 Å². The highest BCUT2D eigenvalue weighted by Gasteiger charge is 2.09. The summed E-state index contributed by atoms with van der Waals surface area (Å²) in [5, 5.41) is 9.64. The van der Waals surface area contributed by atoms with Gasteiger partial charge in [0, 0.05) is 11.4 Å². The second-order valence-corrected chi connectivity index (χ2v) is 6.99. The van der Waals surface area contributed by atoms with Crippen molar-refractivity contribution in [3.8, 4) is 5.75 Å². The Hall–Kier alpha value is -4.31. The molecule has 0 aliphatic carbocycles. The van der Waals surface area contributed by atoms with Gasteiger partial charge in [-0.05, 0) is 79.6 Å². The van der Waals surface area contributed by atoms with Crippen LogP contribution in [0.1, 0.15) is 11.1 Å². The molecule has 3 aromatic carbocycles. The van der Waals surface area contributed by atoms with Gasteiger partial charge in [0.05, 0.1) is 12.8 Å². The number of ether oxygens (including phenoxy) is 1. The zero-order valence-corrected chi connectivity index (χ0v) is 17.5. The Morgan fingerprint density at radius 2 is 1.42 bits per heavy atom. The Morgan fingerprint density at radius 3 is 2.06 bits per heavy atom. The van der Waals surface area contributed by atoms with E-state index in [1.165, 1.54) is 0 Å². The highest BCUT2D eigenvalue weighted by Crippen LogP contribution is 2.22. The fraction of sp³-hybridized carbons (Fsp3) is 0.125. The summed E-state index contributed by atoms with van der Waals surface area (Å²) in [5.41, 5.74) is 4.64. The fourth-order valence-corrected chi connectivity index (χ4v) is 2.92. The SMILES string of the molecule is COc1ccc(Nc2nc(Nc3c#ccc(C)c3)nc(Nc3cccc(C)c3)n2)cc1. The predicted octanol–water partition coefficient (Wildman–Crippen LogP) is 5.33. The highest BCUT2D eigenvalue weighted by molar-refractivity contribution is 5.62. The minimum atomic E-state index is 0.386. The van der Waals surface area contributed by atoms with Crippen LogP contribution in [0.15, 0.2) is 60.7 Å². The molecule has 1 heterocycles. The molecule has 0 radical (unpaired) electrons. The summed E-state index contributed by atoms with van der Waals surface area (Å²) in [5.74, 6) is 1.97. The molecule has 0 fully saturated rings. The van der Waals surface area contributed by atoms with Crippen molar-refractivity contribution < 1.29 is 4.74 Å². The fourth-order valence-electron chi connectivity index (χ4n) is 2.92. The van der Waals surface area contributed by atoms with Gasteiger partial charge in [0.25, 0.3) is 0 Å². The second kappa shape index (κ2) is 9.01. The summed E-state index contributed by atoms with van der Waals surface area (Å²) in [6.07, 6.45) is 0. The first kappa shape index (κ1) is 20.0. The van der Waals surface area contributed by atoms with Gasteiger partial charge < -0.3 is 20.7 Å². The number of hydrogen-bond acceptors (Lipinski definition) is 7. The monoisotopic (exact) mass is 410 g/mol. The van der Waals surface area contributed by atoms with Crippen LogP contribution >= 0.6 is 0 Å². The number of methoxy groups -OCH3 is 1. The lowest BCUT2D eigenvalue weighted by molar-refractivity contribution is 0.415. The van der Waals surface area contributed by atoms with Crippen molar-refractivity contribution in [1.29, 1.82) is 0 Å². The Kier molecular flexibility index (Phi) is 5.81. The van der Waals surface area contributed by atoms with Crippen LogP contribution in [0.3, 0.4) is 0 Å². The van der Waals surface area contributed by atoms with E-state index in [0.717, 1.165) is 33.9 Å². The van der Waals surface area contributed by atoms with Crippen molar-refractivity contribution in [1.82, 2.24) is 15.0 Å². The molecular formula is C24H22N6O. The normalized spacial score (nSPS) is 10.2. The van der Waals surface area contributed by atoms with Gasteiger partial charge in [-0.3, -0.25) is 0 Å². The molecule has 4 rings (SSSR count). The molecule has 7 heteroatoms. The molecule has 154 valence electrons. The lowest BCUT2D eigenvalue weighted by Crippen LogP contribution is -2.07. The minimum Gasteiger partial charge on any atom is -0.497 e. The molecule has 0 aliphatic heterocycles. The van der Waals surface area contributed by atoms with Crippen molar-refractivity contribution in [2.75, 3.05) is 23.1 Å². The number of nitrogens with one attached hydrogen (secondary N) is 3. The summed E-state index contributed by atoms with van der Waals surface area (Å²) in [7, 11) is 1.63. The van der Waals surface area contributed by atoms with Crippen molar-refractivity contribution in [3.05, 3.63) is 83.9 Å². The molecular weight excluding hydrogens is 388 g/mol. The van der Waals surface area contributed by atoms with Crippen molar-refractivity contribution in [3.63, 3.8) is 0 Å². The summed E-state index contributed by atoms with van der Waals surface area (Å²) in [4.78, 5) is 13.5. The summed E-state index contributed by atoms with van der Waals surface area (Å²) < 4.78 is 5.21. The first-order valence-corrected chi connectivity index (χ1v) is 9.75. The van der Waals surface area contributed by atoms with E-state index in [9.17, 15) is 0 Å². The van der Waals surface area contributed by atoms with Crippen LogP contribution in [0.25, 0.3) is 0 Å². The molecule has 1 aromatic heterocycles. The number of nitrogens with zero attached hydrogens (tertiary/aromatic N) is 3. The van der Waals surface area contributed by atoms with Crippen LogP contribution in [0, 0.1) is 26.0 Å². The van der Waals surface area contributed by atoms with Crippen molar-refractivity contribution >= 4 is 34.9 Å². The molecule has 0 saturated heterocycles. The molecule has 31 heavy (non-hydrogen) atoms. The second-order valence-electron chi connectivity index (χ2n) is 6.99. The van der Waals surface area contributed by atoms with Crippen LogP contribution in [0.2, 0.25) is 0 Å². The lowest BCUT2D eigenvalue weighted by atomic mass is 10.2. The van der Waals surface area contributed by atoms with E-state index in [0.29, 0.717) is 17.8 Å². The molecule has 0 bridgehead atoms. The van der Waals surface area contributed by atoms with Crippen molar-refractivity contribution in [2.24, 2.45) is 0 Å². The third-order valence-corrected chi connectivity index (χ3v) is 4.38. The molecule has 4 aromatic rings. The van der Waals surface area contributed by atoms with E-state index < -0.39 is 0 Å². The van der Waals surface area contributed by atoms with E-state index in [1.807, 2.05) is 74.5 Å². The van der Waals surface area contributed by atoms with Gasteiger partial charge in [0.2, 0.25) is 17.8 Å².